The van der Waals surface area contributed by atoms with Gasteiger partial charge < -0.3 is 19.8 Å². The van der Waals surface area contributed by atoms with Crippen molar-refractivity contribution in [1.82, 2.24) is 15.5 Å². The van der Waals surface area contributed by atoms with Crippen molar-refractivity contribution in [2.75, 3.05) is 32.1 Å². The maximum atomic E-state index is 5.55. The second kappa shape index (κ2) is 9.75. The minimum Gasteiger partial charge on any atom is -0.406 e. The van der Waals surface area contributed by atoms with Crippen LogP contribution >= 0.6 is 0 Å². The van der Waals surface area contributed by atoms with Crippen molar-refractivity contribution >= 4 is 6.01 Å². The molecule has 1 aromatic heterocycles. The van der Waals surface area contributed by atoms with E-state index in [9.17, 15) is 0 Å². The summed E-state index contributed by atoms with van der Waals surface area (Å²) in [6.07, 6.45) is 4.39. The summed E-state index contributed by atoms with van der Waals surface area (Å²) in [7, 11) is 1.73. The molecule has 0 spiro atoms. The normalized spacial score (nSPS) is 12.6. The van der Waals surface area contributed by atoms with Gasteiger partial charge in [0.15, 0.2) is 0 Å². The van der Waals surface area contributed by atoms with E-state index in [-0.39, 0.29) is 6.04 Å². The smallest absolute Gasteiger partial charge is 0.315 e. The molecule has 2 N–H and O–H groups in total. The van der Waals surface area contributed by atoms with Crippen molar-refractivity contribution < 1.29 is 9.15 Å². The highest BCUT2D eigenvalue weighted by Gasteiger charge is 2.12. The molecule has 6 nitrogen and oxygen atoms in total. The molecular weight excluding hydrogens is 244 g/mol. The number of nitrogens with one attached hydrogen (secondary N) is 2. The quantitative estimate of drug-likeness (QED) is 0.601. The van der Waals surface area contributed by atoms with Crippen molar-refractivity contribution in [1.29, 1.82) is 0 Å². The van der Waals surface area contributed by atoms with Crippen LogP contribution in [0.15, 0.2) is 4.42 Å². The fourth-order valence-electron chi connectivity index (χ4n) is 1.67. The Hall–Kier alpha value is -1.14. The monoisotopic (exact) mass is 270 g/mol. The predicted molar refractivity (Wildman–Crippen MR) is 75.2 cm³/mol. The van der Waals surface area contributed by atoms with Crippen molar-refractivity contribution in [2.45, 2.75) is 45.6 Å². The number of methoxy groups -OCH3 is 1. The van der Waals surface area contributed by atoms with E-state index >= 15 is 0 Å². The first-order valence-corrected chi connectivity index (χ1v) is 7.07. The lowest BCUT2D eigenvalue weighted by molar-refractivity contribution is 0.192. The van der Waals surface area contributed by atoms with Gasteiger partial charge >= 0.3 is 6.01 Å². The van der Waals surface area contributed by atoms with Crippen LogP contribution in [-0.2, 0) is 4.74 Å². The van der Waals surface area contributed by atoms with Crippen LogP contribution in [0.25, 0.3) is 0 Å². The zero-order valence-electron chi connectivity index (χ0n) is 12.2. The van der Waals surface area contributed by atoms with Gasteiger partial charge in [0.2, 0.25) is 5.89 Å². The van der Waals surface area contributed by atoms with E-state index in [0.29, 0.717) is 11.9 Å². The Bertz CT molecular complexity index is 330. The number of rotatable bonds is 11. The second-order valence-electron chi connectivity index (χ2n) is 4.60. The highest BCUT2D eigenvalue weighted by atomic mass is 16.5. The molecule has 0 amide bonds. The summed E-state index contributed by atoms with van der Waals surface area (Å²) < 4.78 is 10.5. The third-order valence-electron chi connectivity index (χ3n) is 2.81. The third kappa shape index (κ3) is 6.54. The van der Waals surface area contributed by atoms with Gasteiger partial charge in [-0.3, -0.25) is 0 Å². The Balaban J connectivity index is 2.19. The van der Waals surface area contributed by atoms with E-state index in [4.69, 9.17) is 9.15 Å². The molecule has 0 saturated heterocycles. The van der Waals surface area contributed by atoms with E-state index in [1.807, 2.05) is 6.92 Å². The highest BCUT2D eigenvalue weighted by Crippen LogP contribution is 2.13. The molecule has 0 saturated carbocycles. The molecule has 1 aromatic rings. The Kier molecular flexibility index (Phi) is 8.16. The Morgan fingerprint density at radius 1 is 1.21 bits per heavy atom. The third-order valence-corrected chi connectivity index (χ3v) is 2.81. The molecule has 110 valence electrons. The molecule has 6 heteroatoms. The summed E-state index contributed by atoms with van der Waals surface area (Å²) in [5.41, 5.74) is 0. The van der Waals surface area contributed by atoms with Crippen LogP contribution in [0.5, 0.6) is 0 Å². The Labute approximate surface area is 115 Å². The minimum atomic E-state index is 0.102. The molecule has 1 atom stereocenters. The van der Waals surface area contributed by atoms with E-state index in [1.165, 1.54) is 0 Å². The Morgan fingerprint density at radius 3 is 2.79 bits per heavy atom. The van der Waals surface area contributed by atoms with Crippen LogP contribution in [0.3, 0.4) is 0 Å². The molecule has 0 aliphatic heterocycles. The van der Waals surface area contributed by atoms with Gasteiger partial charge in [-0.1, -0.05) is 12.0 Å². The molecule has 0 aliphatic carbocycles. The first-order valence-electron chi connectivity index (χ1n) is 7.07. The molecule has 0 aromatic carbocycles. The maximum absolute atomic E-state index is 5.55. The van der Waals surface area contributed by atoms with Gasteiger partial charge in [0, 0.05) is 20.3 Å². The predicted octanol–water partition coefficient (Wildman–Crippen LogP) is 2.36. The largest absolute Gasteiger partial charge is 0.406 e. The topological polar surface area (TPSA) is 72.2 Å². The number of hydrogen-bond donors (Lipinski definition) is 2. The summed E-state index contributed by atoms with van der Waals surface area (Å²) in [6, 6.07) is 0.608. The standard InChI is InChI=1S/C13H26N4O2/c1-4-8-14-11(2)12-16-17-13(19-12)15-9-6-5-7-10-18-3/h11,14H,4-10H2,1-3H3,(H,15,17). The Morgan fingerprint density at radius 2 is 2.05 bits per heavy atom. The van der Waals surface area contributed by atoms with Gasteiger partial charge in [-0.2, -0.15) is 0 Å². The van der Waals surface area contributed by atoms with Crippen LogP contribution in [0.2, 0.25) is 0 Å². The van der Waals surface area contributed by atoms with Gasteiger partial charge in [0.1, 0.15) is 0 Å². The fourth-order valence-corrected chi connectivity index (χ4v) is 1.67. The van der Waals surface area contributed by atoms with Crippen molar-refractivity contribution in [3.8, 4) is 0 Å². The summed E-state index contributed by atoms with van der Waals surface area (Å²) in [5, 5.41) is 14.5. The van der Waals surface area contributed by atoms with Gasteiger partial charge in [-0.05, 0) is 39.2 Å². The van der Waals surface area contributed by atoms with Gasteiger partial charge in [0.25, 0.3) is 0 Å². The summed E-state index contributed by atoms with van der Waals surface area (Å²) in [5.74, 6) is 0.635. The molecule has 0 radical (unpaired) electrons. The molecule has 0 aliphatic rings. The average Bonchev–Trinajstić information content (AvgIpc) is 2.89. The molecule has 0 bridgehead atoms. The number of aromatic nitrogens is 2. The van der Waals surface area contributed by atoms with Crippen LogP contribution < -0.4 is 10.6 Å². The highest BCUT2D eigenvalue weighted by molar-refractivity contribution is 5.16. The van der Waals surface area contributed by atoms with Crippen LogP contribution in [0.1, 0.15) is 51.5 Å². The molecule has 1 heterocycles. The fraction of sp³-hybridized carbons (Fsp3) is 0.846. The SMILES string of the molecule is CCCNC(C)c1nnc(NCCCCCOC)o1. The first kappa shape index (κ1) is 15.9. The molecular formula is C13H26N4O2. The lowest BCUT2D eigenvalue weighted by atomic mass is 10.2. The van der Waals surface area contributed by atoms with Crippen molar-refractivity contribution in [2.24, 2.45) is 0 Å². The molecule has 1 unspecified atom stereocenters. The second-order valence-corrected chi connectivity index (χ2v) is 4.60. The summed E-state index contributed by atoms with van der Waals surface area (Å²) in [6.45, 7) is 6.78. The molecule has 0 fully saturated rings. The molecule has 1 rings (SSSR count). The van der Waals surface area contributed by atoms with E-state index in [2.05, 4.69) is 27.8 Å². The lowest BCUT2D eigenvalue weighted by Gasteiger charge is -2.07. The van der Waals surface area contributed by atoms with Crippen molar-refractivity contribution in [3.63, 3.8) is 0 Å². The van der Waals surface area contributed by atoms with E-state index in [1.54, 1.807) is 7.11 Å². The number of nitrogens with zero attached hydrogens (tertiary/aromatic N) is 2. The van der Waals surface area contributed by atoms with Gasteiger partial charge in [0.05, 0.1) is 6.04 Å². The van der Waals surface area contributed by atoms with Crippen LogP contribution in [-0.4, -0.2) is 37.0 Å². The van der Waals surface area contributed by atoms with Crippen LogP contribution in [0, 0.1) is 0 Å². The minimum absolute atomic E-state index is 0.102. The molecule has 19 heavy (non-hydrogen) atoms. The zero-order chi connectivity index (χ0) is 13.9. The van der Waals surface area contributed by atoms with Crippen molar-refractivity contribution in [3.05, 3.63) is 5.89 Å². The van der Waals surface area contributed by atoms with E-state index in [0.717, 1.165) is 45.4 Å². The summed E-state index contributed by atoms with van der Waals surface area (Å²) in [4.78, 5) is 0. The maximum Gasteiger partial charge on any atom is 0.315 e. The average molecular weight is 270 g/mol. The number of unbranched alkanes of at least 4 members (excludes halogenated alkanes) is 2. The van der Waals surface area contributed by atoms with E-state index < -0.39 is 0 Å². The number of ether oxygens (including phenoxy) is 1. The zero-order valence-corrected chi connectivity index (χ0v) is 12.2. The number of hydrogen-bond acceptors (Lipinski definition) is 6. The lowest BCUT2D eigenvalue weighted by Crippen LogP contribution is -2.19. The summed E-state index contributed by atoms with van der Waals surface area (Å²) >= 11 is 0. The van der Waals surface area contributed by atoms with Gasteiger partial charge in [-0.15, -0.1) is 5.10 Å². The first-order chi connectivity index (χ1) is 9.27. The number of anilines is 1. The van der Waals surface area contributed by atoms with Crippen LogP contribution in [0.4, 0.5) is 6.01 Å². The van der Waals surface area contributed by atoms with Gasteiger partial charge in [-0.25, -0.2) is 0 Å².